The molecule has 5 nitrogen and oxygen atoms in total. The Bertz CT molecular complexity index is 595. The van der Waals surface area contributed by atoms with Gasteiger partial charge in [0, 0.05) is 0 Å². The van der Waals surface area contributed by atoms with E-state index in [2.05, 4.69) is 4.37 Å². The fourth-order valence-corrected chi connectivity index (χ4v) is 4.10. The molecule has 0 saturated carbocycles. The van der Waals surface area contributed by atoms with E-state index in [1.807, 2.05) is 0 Å². The summed E-state index contributed by atoms with van der Waals surface area (Å²) in [6.07, 6.45) is 0. The van der Waals surface area contributed by atoms with Crippen LogP contribution in [-0.2, 0) is 10.1 Å². The van der Waals surface area contributed by atoms with E-state index in [0.29, 0.717) is 20.8 Å². The second-order valence-electron chi connectivity index (χ2n) is 2.72. The van der Waals surface area contributed by atoms with Crippen molar-refractivity contribution in [3.05, 3.63) is 5.56 Å². The van der Waals surface area contributed by atoms with Crippen molar-refractivity contribution in [1.82, 2.24) is 4.37 Å². The Morgan fingerprint density at radius 1 is 1.50 bits per heavy atom. The zero-order valence-corrected chi connectivity index (χ0v) is 9.46. The van der Waals surface area contributed by atoms with Gasteiger partial charge in [-0.05, 0) is 24.0 Å². The van der Waals surface area contributed by atoms with Crippen LogP contribution in [-0.4, -0.2) is 17.3 Å². The molecule has 0 atom stereocenters. The van der Waals surface area contributed by atoms with E-state index in [4.69, 9.17) is 10.3 Å². The summed E-state index contributed by atoms with van der Waals surface area (Å²) in [6, 6.07) is 0. The second kappa shape index (κ2) is 2.89. The molecule has 2 heterocycles. The van der Waals surface area contributed by atoms with Crippen molar-refractivity contribution in [2.75, 3.05) is 5.73 Å². The first-order valence-electron chi connectivity index (χ1n) is 3.53. The maximum atomic E-state index is 10.9. The Hall–Kier alpha value is -0.700. The van der Waals surface area contributed by atoms with Crippen molar-refractivity contribution in [2.45, 2.75) is 11.1 Å². The lowest BCUT2D eigenvalue weighted by Gasteiger charge is -1.93. The molecule has 0 radical (unpaired) electrons. The highest BCUT2D eigenvalue weighted by Crippen LogP contribution is 2.38. The molecule has 3 N–H and O–H groups in total. The summed E-state index contributed by atoms with van der Waals surface area (Å²) in [5, 5.41) is 1.11. The molecule has 0 aliphatic rings. The average molecular weight is 250 g/mol. The molecular formula is C6H6N2O3S3. The smallest absolute Gasteiger partial charge is 0.304 e. The number of anilines is 1. The molecule has 0 spiro atoms. The molecule has 2 aromatic rings. The van der Waals surface area contributed by atoms with Crippen LogP contribution in [0.3, 0.4) is 0 Å². The van der Waals surface area contributed by atoms with Crippen molar-refractivity contribution >= 4 is 48.2 Å². The van der Waals surface area contributed by atoms with Gasteiger partial charge in [0.15, 0.2) is 4.21 Å². The third kappa shape index (κ3) is 1.31. The summed E-state index contributed by atoms with van der Waals surface area (Å²) in [7, 11) is -4.15. The summed E-state index contributed by atoms with van der Waals surface area (Å²) in [5.74, 6) is 0. The van der Waals surface area contributed by atoms with Crippen LogP contribution in [0.25, 0.3) is 10.2 Å². The average Bonchev–Trinajstić information content (AvgIpc) is 2.53. The van der Waals surface area contributed by atoms with Gasteiger partial charge in [-0.3, -0.25) is 4.55 Å². The van der Waals surface area contributed by atoms with Crippen molar-refractivity contribution in [1.29, 1.82) is 0 Å². The van der Waals surface area contributed by atoms with Gasteiger partial charge in [-0.1, -0.05) is 11.3 Å². The van der Waals surface area contributed by atoms with E-state index in [0.717, 1.165) is 22.9 Å². The fraction of sp³-hybridized carbons (Fsp3) is 0.167. The predicted molar refractivity (Wildman–Crippen MR) is 56.5 cm³/mol. The lowest BCUT2D eigenvalue weighted by molar-refractivity contribution is 0.485. The Balaban J connectivity index is 2.89. The quantitative estimate of drug-likeness (QED) is 0.748. The van der Waals surface area contributed by atoms with Crippen LogP contribution in [0, 0.1) is 6.92 Å². The molecule has 0 aliphatic carbocycles. The molecule has 0 bridgehead atoms. The van der Waals surface area contributed by atoms with Crippen molar-refractivity contribution < 1.29 is 13.0 Å². The Morgan fingerprint density at radius 3 is 2.64 bits per heavy atom. The number of hydrogen-bond donors (Lipinski definition) is 2. The molecule has 0 saturated heterocycles. The summed E-state index contributed by atoms with van der Waals surface area (Å²) in [6.45, 7) is 1.60. The minimum atomic E-state index is -4.15. The molecule has 2 rings (SSSR count). The molecule has 0 amide bonds. The van der Waals surface area contributed by atoms with Crippen LogP contribution in [0.15, 0.2) is 4.21 Å². The monoisotopic (exact) mass is 250 g/mol. The second-order valence-corrected chi connectivity index (χ2v) is 6.14. The van der Waals surface area contributed by atoms with Crippen LogP contribution in [0.4, 0.5) is 5.00 Å². The summed E-state index contributed by atoms with van der Waals surface area (Å²) < 4.78 is 34.7. The third-order valence-electron chi connectivity index (χ3n) is 1.79. The maximum absolute atomic E-state index is 10.9. The lowest BCUT2D eigenvalue weighted by Crippen LogP contribution is -1.96. The number of rotatable bonds is 1. The lowest BCUT2D eigenvalue weighted by atomic mass is 10.3. The van der Waals surface area contributed by atoms with Gasteiger partial charge < -0.3 is 5.73 Å². The normalized spacial score (nSPS) is 12.4. The van der Waals surface area contributed by atoms with Crippen molar-refractivity contribution in [3.63, 3.8) is 0 Å². The third-order valence-corrected chi connectivity index (χ3v) is 5.22. The minimum Gasteiger partial charge on any atom is -0.389 e. The number of aromatic nitrogens is 1. The van der Waals surface area contributed by atoms with Gasteiger partial charge in [0.05, 0.1) is 5.39 Å². The predicted octanol–water partition coefficient (Wildman–Crippen LogP) is 1.50. The largest absolute Gasteiger partial charge is 0.389 e. The maximum Gasteiger partial charge on any atom is 0.304 e. The van der Waals surface area contributed by atoms with Gasteiger partial charge in [-0.2, -0.15) is 12.8 Å². The molecule has 2 aromatic heterocycles. The number of hydrogen-bond acceptors (Lipinski definition) is 6. The Morgan fingerprint density at radius 2 is 2.14 bits per heavy atom. The fourth-order valence-electron chi connectivity index (χ4n) is 1.21. The van der Waals surface area contributed by atoms with E-state index in [1.54, 1.807) is 6.92 Å². The molecule has 76 valence electrons. The minimum absolute atomic E-state index is 0.0745. The van der Waals surface area contributed by atoms with Crippen molar-refractivity contribution in [3.8, 4) is 0 Å². The molecule has 8 heteroatoms. The number of aryl methyl sites for hydroxylation is 1. The van der Waals surface area contributed by atoms with E-state index < -0.39 is 10.1 Å². The van der Waals surface area contributed by atoms with Crippen molar-refractivity contribution in [2.24, 2.45) is 0 Å². The first-order valence-corrected chi connectivity index (χ1v) is 6.56. The summed E-state index contributed by atoms with van der Waals surface area (Å²) >= 11 is 2.05. The number of nitrogens with two attached hydrogens (primary N) is 1. The van der Waals surface area contributed by atoms with Gasteiger partial charge in [-0.15, -0.1) is 0 Å². The Labute approximate surface area is 88.1 Å². The van der Waals surface area contributed by atoms with Gasteiger partial charge in [0.2, 0.25) is 0 Å². The molecule has 0 fully saturated rings. The highest BCUT2D eigenvalue weighted by Gasteiger charge is 2.22. The topological polar surface area (TPSA) is 93.3 Å². The Kier molecular flexibility index (Phi) is 2.03. The van der Waals surface area contributed by atoms with Crippen LogP contribution >= 0.6 is 22.9 Å². The van der Waals surface area contributed by atoms with Crippen LogP contribution in [0.2, 0.25) is 0 Å². The van der Waals surface area contributed by atoms with E-state index in [9.17, 15) is 8.42 Å². The van der Waals surface area contributed by atoms with E-state index >= 15 is 0 Å². The molecule has 14 heavy (non-hydrogen) atoms. The van der Waals surface area contributed by atoms with Gasteiger partial charge >= 0.3 is 10.1 Å². The van der Waals surface area contributed by atoms with Crippen LogP contribution < -0.4 is 5.73 Å². The standard InChI is InChI=1S/C6H6N2O3S3/c1-2-3-4(7)13-8-5(3)12-6(2)14(9,10)11/h7H2,1H3,(H,9,10,11). The molecule has 0 aliphatic heterocycles. The van der Waals surface area contributed by atoms with Gasteiger partial charge in [-0.25, -0.2) is 0 Å². The van der Waals surface area contributed by atoms with Crippen LogP contribution in [0.5, 0.6) is 0 Å². The highest BCUT2D eigenvalue weighted by molar-refractivity contribution is 7.88. The molecule has 0 aromatic carbocycles. The van der Waals surface area contributed by atoms with Gasteiger partial charge in [0.25, 0.3) is 0 Å². The number of thiophene rings is 1. The summed E-state index contributed by atoms with van der Waals surface area (Å²) in [5.41, 5.74) is 6.09. The van der Waals surface area contributed by atoms with Gasteiger partial charge in [0.1, 0.15) is 9.83 Å². The van der Waals surface area contributed by atoms with E-state index in [1.165, 1.54) is 0 Å². The molecular weight excluding hydrogens is 244 g/mol. The first kappa shape index (κ1) is 9.84. The molecule has 0 unspecified atom stereocenters. The highest BCUT2D eigenvalue weighted by atomic mass is 32.3. The zero-order chi connectivity index (χ0) is 10.5. The number of fused-ring (bicyclic) bond motifs is 1. The summed E-state index contributed by atoms with van der Waals surface area (Å²) in [4.78, 5) is 0.553. The number of nitrogen functional groups attached to an aromatic ring is 1. The zero-order valence-electron chi connectivity index (χ0n) is 7.01. The SMILES string of the molecule is Cc1c(S(=O)(=O)O)sc2nsc(N)c12. The first-order chi connectivity index (χ1) is 6.41. The van der Waals surface area contributed by atoms with E-state index in [-0.39, 0.29) is 4.21 Å². The number of nitrogens with zero attached hydrogens (tertiary/aromatic N) is 1. The van der Waals surface area contributed by atoms with Crippen LogP contribution in [0.1, 0.15) is 5.56 Å².